The lowest BCUT2D eigenvalue weighted by Crippen LogP contribution is -2.36. The monoisotopic (exact) mass is 367 g/mol. The molecule has 0 radical (unpaired) electrons. The molecule has 122 valence electrons. The highest BCUT2D eigenvalue weighted by Gasteiger charge is 2.13. The number of aromatic nitrogens is 1. The van der Waals surface area contributed by atoms with E-state index < -0.39 is 0 Å². The van der Waals surface area contributed by atoms with Crippen molar-refractivity contribution in [1.82, 2.24) is 15.6 Å². The molecule has 1 unspecified atom stereocenters. The summed E-state index contributed by atoms with van der Waals surface area (Å²) in [6.45, 7) is 2.64. The molecule has 1 atom stereocenters. The zero-order chi connectivity index (χ0) is 15.5. The lowest BCUT2D eigenvalue weighted by Gasteiger charge is -2.10. The van der Waals surface area contributed by atoms with E-state index in [2.05, 4.69) is 21.7 Å². The molecule has 7 heteroatoms. The van der Waals surface area contributed by atoms with Gasteiger partial charge in [-0.05, 0) is 38.2 Å². The summed E-state index contributed by atoms with van der Waals surface area (Å²) < 4.78 is 1.17. The van der Waals surface area contributed by atoms with Crippen LogP contribution in [0.3, 0.4) is 0 Å². The van der Waals surface area contributed by atoms with Crippen LogP contribution in [0.25, 0.3) is 20.1 Å². The molecular weight excluding hydrogens is 350 g/mol. The van der Waals surface area contributed by atoms with E-state index in [1.807, 2.05) is 44.3 Å². The average molecular weight is 368 g/mol. The molecule has 0 saturated carbocycles. The summed E-state index contributed by atoms with van der Waals surface area (Å²) >= 11 is 3.14. The van der Waals surface area contributed by atoms with Gasteiger partial charge in [-0.25, -0.2) is 4.98 Å². The molecule has 0 aliphatic rings. The molecule has 1 aromatic carbocycles. The molecule has 0 fully saturated rings. The van der Waals surface area contributed by atoms with E-state index in [1.54, 1.807) is 11.3 Å². The van der Waals surface area contributed by atoms with Gasteiger partial charge < -0.3 is 10.6 Å². The van der Waals surface area contributed by atoms with Crippen molar-refractivity contribution >= 4 is 51.2 Å². The average Bonchev–Trinajstić information content (AvgIpc) is 3.18. The number of para-hydroxylation sites is 1. The van der Waals surface area contributed by atoms with Crippen molar-refractivity contribution < 1.29 is 4.79 Å². The van der Waals surface area contributed by atoms with Crippen LogP contribution < -0.4 is 10.6 Å². The summed E-state index contributed by atoms with van der Waals surface area (Å²) in [4.78, 5) is 18.5. The Morgan fingerprint density at radius 2 is 2.00 bits per heavy atom. The van der Waals surface area contributed by atoms with Gasteiger partial charge in [-0.15, -0.1) is 35.1 Å². The molecule has 4 nitrogen and oxygen atoms in total. The number of likely N-dealkylation sites (N-methyl/N-ethyl adjacent to an activating group) is 1. The molecule has 0 aliphatic carbocycles. The van der Waals surface area contributed by atoms with Crippen molar-refractivity contribution in [2.75, 3.05) is 13.6 Å². The predicted molar refractivity (Wildman–Crippen MR) is 101 cm³/mol. The number of nitrogens with zero attached hydrogens (tertiary/aromatic N) is 1. The Kier molecular flexibility index (Phi) is 6.12. The topological polar surface area (TPSA) is 54.0 Å². The Morgan fingerprint density at radius 1 is 1.22 bits per heavy atom. The van der Waals surface area contributed by atoms with Crippen LogP contribution in [0.15, 0.2) is 36.4 Å². The maximum absolute atomic E-state index is 12.1. The molecule has 3 rings (SSSR count). The number of carbonyl (C=O) groups excluding carboxylic acids is 1. The SMILES string of the molecule is CNC(C)CNC(=O)c1ccc(-c2nc3ccccc3s2)s1.Cl. The number of rotatable bonds is 5. The van der Waals surface area contributed by atoms with Gasteiger partial charge >= 0.3 is 0 Å². The number of halogens is 1. The second-order valence-corrected chi connectivity index (χ2v) is 7.16. The maximum Gasteiger partial charge on any atom is 0.261 e. The van der Waals surface area contributed by atoms with Gasteiger partial charge in [0.05, 0.1) is 20.0 Å². The van der Waals surface area contributed by atoms with E-state index >= 15 is 0 Å². The quantitative estimate of drug-likeness (QED) is 0.721. The molecule has 23 heavy (non-hydrogen) atoms. The van der Waals surface area contributed by atoms with Crippen molar-refractivity contribution in [3.8, 4) is 9.88 Å². The van der Waals surface area contributed by atoms with Crippen molar-refractivity contribution in [2.45, 2.75) is 13.0 Å². The minimum atomic E-state index is -0.0283. The fourth-order valence-corrected chi connectivity index (χ4v) is 3.93. The lowest BCUT2D eigenvalue weighted by molar-refractivity contribution is 0.0954. The Labute approximate surface area is 149 Å². The number of hydrogen-bond acceptors (Lipinski definition) is 5. The first kappa shape index (κ1) is 17.9. The highest BCUT2D eigenvalue weighted by Crippen LogP contribution is 2.34. The van der Waals surface area contributed by atoms with Crippen molar-refractivity contribution in [2.24, 2.45) is 0 Å². The Balaban J connectivity index is 0.00000192. The second kappa shape index (κ2) is 7.88. The lowest BCUT2D eigenvalue weighted by atomic mass is 10.3. The van der Waals surface area contributed by atoms with Crippen molar-refractivity contribution in [3.63, 3.8) is 0 Å². The van der Waals surface area contributed by atoms with E-state index in [1.165, 1.54) is 16.0 Å². The zero-order valence-corrected chi connectivity index (χ0v) is 15.3. The van der Waals surface area contributed by atoms with Crippen molar-refractivity contribution in [3.05, 3.63) is 41.3 Å². The van der Waals surface area contributed by atoms with Crippen molar-refractivity contribution in [1.29, 1.82) is 0 Å². The summed E-state index contributed by atoms with van der Waals surface area (Å²) in [5, 5.41) is 7.00. The minimum absolute atomic E-state index is 0. The van der Waals surface area contributed by atoms with Gasteiger partial charge in [-0.1, -0.05) is 12.1 Å². The number of benzene rings is 1. The Hall–Kier alpha value is -1.47. The molecule has 0 spiro atoms. The predicted octanol–water partition coefficient (Wildman–Crippen LogP) is 3.78. The first-order chi connectivity index (χ1) is 10.7. The summed E-state index contributed by atoms with van der Waals surface area (Å²) in [6.07, 6.45) is 0. The third kappa shape index (κ3) is 4.09. The van der Waals surface area contributed by atoms with Crippen LogP contribution in [0.1, 0.15) is 16.6 Å². The molecule has 2 N–H and O–H groups in total. The van der Waals surface area contributed by atoms with Crippen LogP contribution in [0, 0.1) is 0 Å². The van der Waals surface area contributed by atoms with Crippen LogP contribution in [-0.4, -0.2) is 30.5 Å². The van der Waals surface area contributed by atoms with Gasteiger partial charge in [-0.3, -0.25) is 4.79 Å². The molecule has 0 bridgehead atoms. The molecular formula is C16H18ClN3OS2. The summed E-state index contributed by atoms with van der Waals surface area (Å²) in [6, 6.07) is 12.2. The zero-order valence-electron chi connectivity index (χ0n) is 12.8. The summed E-state index contributed by atoms with van der Waals surface area (Å²) in [7, 11) is 1.88. The number of nitrogens with one attached hydrogen (secondary N) is 2. The Bertz CT molecular complexity index is 766. The van der Waals surface area contributed by atoms with Gasteiger partial charge in [0.2, 0.25) is 0 Å². The normalized spacial score (nSPS) is 11.9. The minimum Gasteiger partial charge on any atom is -0.350 e. The first-order valence-corrected chi connectivity index (χ1v) is 8.72. The number of fused-ring (bicyclic) bond motifs is 1. The number of hydrogen-bond donors (Lipinski definition) is 2. The van der Waals surface area contributed by atoms with Crippen LogP contribution in [-0.2, 0) is 0 Å². The molecule has 0 aliphatic heterocycles. The number of amides is 1. The van der Waals surface area contributed by atoms with Gasteiger partial charge in [-0.2, -0.15) is 0 Å². The van der Waals surface area contributed by atoms with Crippen LogP contribution in [0.2, 0.25) is 0 Å². The van der Waals surface area contributed by atoms with Gasteiger partial charge in [0.1, 0.15) is 5.01 Å². The first-order valence-electron chi connectivity index (χ1n) is 7.08. The van der Waals surface area contributed by atoms with E-state index in [0.29, 0.717) is 6.54 Å². The van der Waals surface area contributed by atoms with Crippen LogP contribution in [0.4, 0.5) is 0 Å². The van der Waals surface area contributed by atoms with Crippen LogP contribution in [0.5, 0.6) is 0 Å². The van der Waals surface area contributed by atoms with E-state index in [0.717, 1.165) is 20.3 Å². The largest absolute Gasteiger partial charge is 0.350 e. The summed E-state index contributed by atoms with van der Waals surface area (Å²) in [5.74, 6) is -0.0283. The number of thiazole rings is 1. The van der Waals surface area contributed by atoms with E-state index in [-0.39, 0.29) is 24.4 Å². The third-order valence-corrected chi connectivity index (χ3v) is 5.69. The van der Waals surface area contributed by atoms with E-state index in [9.17, 15) is 4.79 Å². The maximum atomic E-state index is 12.1. The van der Waals surface area contributed by atoms with Gasteiger partial charge in [0, 0.05) is 12.6 Å². The molecule has 0 saturated heterocycles. The fourth-order valence-electron chi connectivity index (χ4n) is 1.99. The Morgan fingerprint density at radius 3 is 2.74 bits per heavy atom. The molecule has 3 aromatic rings. The van der Waals surface area contributed by atoms with Crippen LogP contribution >= 0.6 is 35.1 Å². The molecule has 2 heterocycles. The fraction of sp³-hybridized carbons (Fsp3) is 0.250. The van der Waals surface area contributed by atoms with Gasteiger partial charge in [0.25, 0.3) is 5.91 Å². The highest BCUT2D eigenvalue weighted by molar-refractivity contribution is 7.26. The highest BCUT2D eigenvalue weighted by atomic mass is 35.5. The third-order valence-electron chi connectivity index (χ3n) is 3.40. The summed E-state index contributed by atoms with van der Waals surface area (Å²) in [5.41, 5.74) is 1.00. The standard InChI is InChI=1S/C16H17N3OS2.ClH/c1-10(17-2)9-18-15(20)13-7-8-14(21-13)16-19-11-5-3-4-6-12(11)22-16;/h3-8,10,17H,9H2,1-2H3,(H,18,20);1H. The van der Waals surface area contributed by atoms with Gasteiger partial charge in [0.15, 0.2) is 0 Å². The molecule has 1 amide bonds. The number of carbonyl (C=O) groups is 1. The molecule has 2 aromatic heterocycles. The number of thiophene rings is 1. The second-order valence-electron chi connectivity index (χ2n) is 5.05. The smallest absolute Gasteiger partial charge is 0.261 e. The van der Waals surface area contributed by atoms with E-state index in [4.69, 9.17) is 0 Å².